The fourth-order valence-electron chi connectivity index (χ4n) is 3.00. The van der Waals surface area contributed by atoms with Crippen LogP contribution in [0.5, 0.6) is 0 Å². The molecule has 2 aromatic carbocycles. The van der Waals surface area contributed by atoms with Gasteiger partial charge in [-0.05, 0) is 18.1 Å². The third-order valence-corrected chi connectivity index (χ3v) is 5.25. The van der Waals surface area contributed by atoms with E-state index in [-0.39, 0.29) is 5.91 Å². The number of carbonyl (C=O) groups excluding carboxylic acids is 1. The van der Waals surface area contributed by atoms with Gasteiger partial charge in [-0.15, -0.1) is 11.3 Å². The van der Waals surface area contributed by atoms with Crippen molar-refractivity contribution < 1.29 is 4.79 Å². The van der Waals surface area contributed by atoms with Crippen LogP contribution in [-0.2, 0) is 17.6 Å². The maximum absolute atomic E-state index is 12.2. The highest BCUT2D eigenvalue weighted by Gasteiger charge is 2.09. The second-order valence-electron chi connectivity index (χ2n) is 6.15. The van der Waals surface area contributed by atoms with Crippen LogP contribution >= 0.6 is 11.3 Å². The average molecular weight is 361 g/mol. The van der Waals surface area contributed by atoms with Crippen LogP contribution in [0.15, 0.2) is 66.2 Å². The second-order valence-corrected chi connectivity index (χ2v) is 7.00. The minimum atomic E-state index is 0.00903. The van der Waals surface area contributed by atoms with Crippen molar-refractivity contribution in [2.75, 3.05) is 6.54 Å². The summed E-state index contributed by atoms with van der Waals surface area (Å²) in [4.78, 5) is 20.0. The summed E-state index contributed by atoms with van der Waals surface area (Å²) in [6.45, 7) is 0.621. The Bertz CT molecular complexity index is 1020. The Morgan fingerprint density at radius 1 is 1.08 bits per heavy atom. The highest BCUT2D eigenvalue weighted by atomic mass is 32.1. The molecule has 1 amide bonds. The summed E-state index contributed by atoms with van der Waals surface area (Å²) in [5.74, 6) is 0.00903. The van der Waals surface area contributed by atoms with E-state index in [1.807, 2.05) is 54.0 Å². The van der Waals surface area contributed by atoms with Crippen molar-refractivity contribution in [1.82, 2.24) is 15.3 Å². The molecule has 0 saturated heterocycles. The maximum atomic E-state index is 12.2. The molecule has 0 aliphatic carbocycles. The third kappa shape index (κ3) is 3.68. The summed E-state index contributed by atoms with van der Waals surface area (Å²) >= 11 is 1.57. The highest BCUT2D eigenvalue weighted by Crippen LogP contribution is 2.23. The van der Waals surface area contributed by atoms with Crippen LogP contribution in [0.25, 0.3) is 21.5 Å². The van der Waals surface area contributed by atoms with Gasteiger partial charge in [0, 0.05) is 34.6 Å². The number of para-hydroxylation sites is 1. The molecule has 0 spiro atoms. The molecule has 4 rings (SSSR count). The average Bonchev–Trinajstić information content (AvgIpc) is 3.30. The molecule has 5 heteroatoms. The first-order chi connectivity index (χ1) is 12.8. The van der Waals surface area contributed by atoms with E-state index in [1.165, 1.54) is 10.9 Å². The molecule has 0 unspecified atom stereocenters. The number of aromatic nitrogens is 2. The van der Waals surface area contributed by atoms with Gasteiger partial charge < -0.3 is 10.3 Å². The monoisotopic (exact) mass is 361 g/mol. The Balaban J connectivity index is 1.31. The molecule has 0 fully saturated rings. The van der Waals surface area contributed by atoms with Crippen LogP contribution in [0, 0.1) is 0 Å². The topological polar surface area (TPSA) is 57.8 Å². The van der Waals surface area contributed by atoms with E-state index < -0.39 is 0 Å². The number of aromatic amines is 1. The molecule has 0 aliphatic rings. The van der Waals surface area contributed by atoms with Crippen molar-refractivity contribution in [3.8, 4) is 10.6 Å². The molecule has 0 radical (unpaired) electrons. The lowest BCUT2D eigenvalue weighted by molar-refractivity contribution is -0.120. The lowest BCUT2D eigenvalue weighted by atomic mass is 10.1. The quantitative estimate of drug-likeness (QED) is 0.541. The minimum Gasteiger partial charge on any atom is -0.361 e. The second kappa shape index (κ2) is 7.54. The van der Waals surface area contributed by atoms with E-state index >= 15 is 0 Å². The number of fused-ring (bicyclic) bond motifs is 1. The van der Waals surface area contributed by atoms with Crippen LogP contribution < -0.4 is 5.32 Å². The number of amides is 1. The number of carbonyl (C=O) groups is 1. The zero-order chi connectivity index (χ0) is 17.8. The first-order valence-electron chi connectivity index (χ1n) is 8.61. The van der Waals surface area contributed by atoms with Gasteiger partial charge in [-0.3, -0.25) is 4.79 Å². The number of hydrogen-bond donors (Lipinski definition) is 2. The number of hydrogen-bond acceptors (Lipinski definition) is 3. The van der Waals surface area contributed by atoms with Gasteiger partial charge in [0.1, 0.15) is 5.01 Å². The molecule has 0 bridgehead atoms. The van der Waals surface area contributed by atoms with Gasteiger partial charge in [0.25, 0.3) is 0 Å². The van der Waals surface area contributed by atoms with E-state index in [9.17, 15) is 4.79 Å². The Morgan fingerprint density at radius 3 is 2.77 bits per heavy atom. The Morgan fingerprint density at radius 2 is 1.88 bits per heavy atom. The number of H-pyrrole nitrogens is 1. The van der Waals surface area contributed by atoms with Gasteiger partial charge in [-0.2, -0.15) is 0 Å². The molecular weight excluding hydrogens is 342 g/mol. The van der Waals surface area contributed by atoms with Gasteiger partial charge in [0.05, 0.1) is 12.1 Å². The zero-order valence-corrected chi connectivity index (χ0v) is 15.1. The molecule has 2 N–H and O–H groups in total. The predicted octanol–water partition coefficient (Wildman–Crippen LogP) is 4.19. The normalized spacial score (nSPS) is 10.9. The van der Waals surface area contributed by atoms with E-state index in [1.54, 1.807) is 11.3 Å². The summed E-state index contributed by atoms with van der Waals surface area (Å²) in [6.07, 6.45) is 3.14. The lowest BCUT2D eigenvalue weighted by Crippen LogP contribution is -2.27. The van der Waals surface area contributed by atoms with Crippen molar-refractivity contribution in [1.29, 1.82) is 0 Å². The van der Waals surface area contributed by atoms with Crippen LogP contribution in [0.2, 0.25) is 0 Å². The van der Waals surface area contributed by atoms with Gasteiger partial charge in [0.2, 0.25) is 5.91 Å². The van der Waals surface area contributed by atoms with E-state index in [0.29, 0.717) is 13.0 Å². The van der Waals surface area contributed by atoms with Gasteiger partial charge in [-0.25, -0.2) is 4.98 Å². The summed E-state index contributed by atoms with van der Waals surface area (Å²) in [6, 6.07) is 18.2. The van der Waals surface area contributed by atoms with Crippen molar-refractivity contribution in [2.45, 2.75) is 12.8 Å². The summed E-state index contributed by atoms with van der Waals surface area (Å²) in [5, 5.41) is 7.12. The molecule has 2 heterocycles. The number of nitrogens with one attached hydrogen (secondary N) is 2. The van der Waals surface area contributed by atoms with Crippen LogP contribution in [0.3, 0.4) is 0 Å². The summed E-state index contributed by atoms with van der Waals surface area (Å²) in [7, 11) is 0. The molecule has 4 nitrogen and oxygen atoms in total. The van der Waals surface area contributed by atoms with Gasteiger partial charge in [0.15, 0.2) is 0 Å². The van der Waals surface area contributed by atoms with Crippen LogP contribution in [-0.4, -0.2) is 22.4 Å². The van der Waals surface area contributed by atoms with Crippen molar-refractivity contribution in [3.05, 3.63) is 77.4 Å². The van der Waals surface area contributed by atoms with E-state index in [4.69, 9.17) is 0 Å². The van der Waals surface area contributed by atoms with Crippen LogP contribution in [0.4, 0.5) is 0 Å². The van der Waals surface area contributed by atoms with Crippen molar-refractivity contribution in [2.24, 2.45) is 0 Å². The third-order valence-electron chi connectivity index (χ3n) is 4.31. The molecule has 0 atom stereocenters. The molecular formula is C21H19N3OS. The van der Waals surface area contributed by atoms with Gasteiger partial charge in [-0.1, -0.05) is 48.5 Å². The van der Waals surface area contributed by atoms with Gasteiger partial charge >= 0.3 is 0 Å². The standard InChI is InChI=1S/C21H19N3OS/c25-20(12-17-14-26-21(24-17)15-6-2-1-3-7-15)22-11-10-16-13-23-19-9-5-4-8-18(16)19/h1-9,13-14,23H,10-12H2,(H,22,25). The number of thiazole rings is 1. The largest absolute Gasteiger partial charge is 0.361 e. The SMILES string of the molecule is O=C(Cc1csc(-c2ccccc2)n1)NCCc1c[nH]c2ccccc12. The fraction of sp³-hybridized carbons (Fsp3) is 0.143. The number of nitrogens with zero attached hydrogens (tertiary/aromatic N) is 1. The zero-order valence-electron chi connectivity index (χ0n) is 14.2. The Hall–Kier alpha value is -2.92. The Kier molecular flexibility index (Phi) is 4.80. The van der Waals surface area contributed by atoms with Crippen molar-refractivity contribution in [3.63, 3.8) is 0 Å². The fourth-order valence-corrected chi connectivity index (χ4v) is 3.83. The highest BCUT2D eigenvalue weighted by molar-refractivity contribution is 7.13. The molecule has 26 heavy (non-hydrogen) atoms. The maximum Gasteiger partial charge on any atom is 0.226 e. The van der Waals surface area contributed by atoms with E-state index in [2.05, 4.69) is 27.4 Å². The molecule has 4 aromatic rings. The summed E-state index contributed by atoms with van der Waals surface area (Å²) < 4.78 is 0. The first-order valence-corrected chi connectivity index (χ1v) is 9.49. The molecule has 2 aromatic heterocycles. The lowest BCUT2D eigenvalue weighted by Gasteiger charge is -2.03. The predicted molar refractivity (Wildman–Crippen MR) is 106 cm³/mol. The van der Waals surface area contributed by atoms with Crippen molar-refractivity contribution >= 4 is 28.1 Å². The number of benzene rings is 2. The van der Waals surface area contributed by atoms with E-state index in [0.717, 1.165) is 28.2 Å². The molecule has 0 aliphatic heterocycles. The Labute approximate surface area is 155 Å². The summed E-state index contributed by atoms with van der Waals surface area (Å²) in [5.41, 5.74) is 4.26. The molecule has 130 valence electrons. The number of rotatable bonds is 6. The smallest absolute Gasteiger partial charge is 0.226 e. The molecule has 0 saturated carbocycles. The minimum absolute atomic E-state index is 0.00903. The first kappa shape index (κ1) is 16.5. The van der Waals surface area contributed by atoms with Crippen LogP contribution in [0.1, 0.15) is 11.3 Å².